The van der Waals surface area contributed by atoms with Crippen LogP contribution in [0.2, 0.25) is 0 Å². The summed E-state index contributed by atoms with van der Waals surface area (Å²) >= 11 is 0. The topological polar surface area (TPSA) is 36.9 Å². The van der Waals surface area contributed by atoms with E-state index in [0.29, 0.717) is 28.7 Å². The molecule has 144 valence electrons. The average molecular weight is 390 g/mol. The number of ether oxygens (including phenoxy) is 1. The first-order valence-corrected chi connectivity index (χ1v) is 9.29. The quantitative estimate of drug-likeness (QED) is 0.434. The van der Waals surface area contributed by atoms with Crippen LogP contribution < -0.4 is 37.6 Å². The van der Waals surface area contributed by atoms with Crippen LogP contribution in [0.1, 0.15) is 1.43 Å². The van der Waals surface area contributed by atoms with E-state index in [9.17, 15) is 0 Å². The molecule has 0 unspecified atom stereocenters. The molecule has 4 aromatic rings. The number of rotatable bonds is 8. The molecule has 4 rings (SSSR count). The predicted molar refractivity (Wildman–Crippen MR) is 115 cm³/mol. The average Bonchev–Trinajstić information content (AvgIpc) is 2.77. The summed E-state index contributed by atoms with van der Waals surface area (Å²) in [4.78, 5) is 0. The van der Waals surface area contributed by atoms with E-state index in [4.69, 9.17) is 18.7 Å². The Bertz CT molecular complexity index is 982. The standard InChI is InChI=1S/C24H19BO4.Li.H/c1-4-12-20(13-5-1)26-23-18-10-11-19-24(23)29-25(27-21-14-6-2-7-15-21)28-22-16-8-3-9-17-22;;/h1-19H;;/q;+1;-1. The fraction of sp³-hybridized carbons (Fsp3) is 0. The summed E-state index contributed by atoms with van der Waals surface area (Å²) in [6.45, 7) is 0. The monoisotopic (exact) mass is 390 g/mol. The molecule has 0 bridgehead atoms. The van der Waals surface area contributed by atoms with Crippen molar-refractivity contribution in [3.63, 3.8) is 0 Å². The Kier molecular flexibility index (Phi) is 7.91. The largest absolute Gasteiger partial charge is 1.00 e. The second-order valence-electron chi connectivity index (χ2n) is 6.13. The van der Waals surface area contributed by atoms with Crippen molar-refractivity contribution in [2.45, 2.75) is 0 Å². The first-order chi connectivity index (χ1) is 14.4. The van der Waals surface area contributed by atoms with E-state index in [1.165, 1.54) is 0 Å². The van der Waals surface area contributed by atoms with Gasteiger partial charge >= 0.3 is 26.2 Å². The Labute approximate surface area is 190 Å². The van der Waals surface area contributed by atoms with Gasteiger partial charge in [-0.05, 0) is 48.5 Å². The number of hydrogen-bond donors (Lipinski definition) is 0. The van der Waals surface area contributed by atoms with Crippen LogP contribution in [0.5, 0.6) is 28.7 Å². The van der Waals surface area contributed by atoms with Crippen molar-refractivity contribution in [3.05, 3.63) is 115 Å². The van der Waals surface area contributed by atoms with Crippen LogP contribution in [0.3, 0.4) is 0 Å². The van der Waals surface area contributed by atoms with Gasteiger partial charge in [-0.25, -0.2) is 0 Å². The Morgan fingerprint density at radius 3 is 1.33 bits per heavy atom. The molecule has 0 amide bonds. The van der Waals surface area contributed by atoms with Crippen LogP contribution in [-0.4, -0.2) is 7.32 Å². The fourth-order valence-corrected chi connectivity index (χ4v) is 2.64. The van der Waals surface area contributed by atoms with E-state index < -0.39 is 7.32 Å². The minimum absolute atomic E-state index is 0. The first kappa shape index (κ1) is 21.5. The Hall–Kier alpha value is -3.26. The SMILES string of the molecule is [H-].[Li+].c1ccc(OB(Oc2ccccc2)Oc2ccccc2Oc2ccccc2)cc1. The van der Waals surface area contributed by atoms with Gasteiger partial charge in [0.05, 0.1) is 0 Å². The molecular formula is C24H20BLiO4. The maximum atomic E-state index is 6.06. The van der Waals surface area contributed by atoms with Crippen LogP contribution in [0.25, 0.3) is 0 Å². The summed E-state index contributed by atoms with van der Waals surface area (Å²) in [7, 11) is -1.000. The van der Waals surface area contributed by atoms with Gasteiger partial charge in [-0.1, -0.05) is 66.7 Å². The van der Waals surface area contributed by atoms with Gasteiger partial charge in [-0.3, -0.25) is 0 Å². The maximum absolute atomic E-state index is 6.06. The van der Waals surface area contributed by atoms with E-state index in [2.05, 4.69) is 0 Å². The molecule has 0 N–H and O–H groups in total. The summed E-state index contributed by atoms with van der Waals surface area (Å²) in [6.07, 6.45) is 0. The van der Waals surface area contributed by atoms with Crippen molar-refractivity contribution in [1.82, 2.24) is 0 Å². The molecule has 0 aliphatic heterocycles. The van der Waals surface area contributed by atoms with Gasteiger partial charge in [0.25, 0.3) is 0 Å². The van der Waals surface area contributed by atoms with Crippen LogP contribution in [0.4, 0.5) is 0 Å². The zero-order chi connectivity index (χ0) is 19.7. The molecule has 0 fully saturated rings. The van der Waals surface area contributed by atoms with Gasteiger partial charge in [0.1, 0.15) is 23.0 Å². The van der Waals surface area contributed by atoms with E-state index in [1.54, 1.807) is 0 Å². The summed E-state index contributed by atoms with van der Waals surface area (Å²) in [6, 6.07) is 35.7. The van der Waals surface area contributed by atoms with Crippen LogP contribution in [0, 0.1) is 0 Å². The van der Waals surface area contributed by atoms with Crippen LogP contribution >= 0.6 is 0 Å². The Morgan fingerprint density at radius 1 is 0.433 bits per heavy atom. The van der Waals surface area contributed by atoms with Gasteiger partial charge in [-0.15, -0.1) is 0 Å². The molecule has 0 aromatic heterocycles. The number of benzene rings is 4. The van der Waals surface area contributed by atoms with Crippen LogP contribution in [0.15, 0.2) is 115 Å². The molecule has 6 heteroatoms. The Balaban J connectivity index is 0.00000171. The second-order valence-corrected chi connectivity index (χ2v) is 6.13. The van der Waals surface area contributed by atoms with Crippen molar-refractivity contribution in [1.29, 1.82) is 0 Å². The molecule has 0 aliphatic rings. The van der Waals surface area contributed by atoms with Crippen molar-refractivity contribution >= 4 is 7.32 Å². The van der Waals surface area contributed by atoms with Crippen LogP contribution in [-0.2, 0) is 0 Å². The third-order valence-corrected chi connectivity index (χ3v) is 3.99. The maximum Gasteiger partial charge on any atom is 1.00 e. The van der Waals surface area contributed by atoms with Gasteiger partial charge < -0.3 is 20.1 Å². The molecule has 30 heavy (non-hydrogen) atoms. The first-order valence-electron chi connectivity index (χ1n) is 9.29. The zero-order valence-electron chi connectivity index (χ0n) is 17.7. The molecule has 0 radical (unpaired) electrons. The van der Waals surface area contributed by atoms with Gasteiger partial charge in [0, 0.05) is 0 Å². The molecule has 4 aromatic carbocycles. The van der Waals surface area contributed by atoms with E-state index in [-0.39, 0.29) is 20.3 Å². The van der Waals surface area contributed by atoms with Gasteiger partial charge in [0.2, 0.25) is 0 Å². The van der Waals surface area contributed by atoms with E-state index >= 15 is 0 Å². The molecule has 4 nitrogen and oxygen atoms in total. The van der Waals surface area contributed by atoms with Crippen molar-refractivity contribution in [3.8, 4) is 28.7 Å². The minimum Gasteiger partial charge on any atom is -1.00 e. The van der Waals surface area contributed by atoms with Crippen molar-refractivity contribution in [2.75, 3.05) is 0 Å². The molecule has 0 saturated carbocycles. The smallest absolute Gasteiger partial charge is 1.00 e. The normalized spacial score (nSPS) is 9.73. The van der Waals surface area contributed by atoms with Gasteiger partial charge in [-0.2, -0.15) is 0 Å². The molecule has 0 saturated heterocycles. The second kappa shape index (κ2) is 11.1. The van der Waals surface area contributed by atoms with Crippen molar-refractivity contribution in [2.24, 2.45) is 0 Å². The molecular weight excluding hydrogens is 370 g/mol. The third-order valence-electron chi connectivity index (χ3n) is 3.99. The number of hydrogen-bond acceptors (Lipinski definition) is 4. The molecule has 0 spiro atoms. The summed E-state index contributed by atoms with van der Waals surface area (Å²) < 4.78 is 23.9. The van der Waals surface area contributed by atoms with E-state index in [0.717, 1.165) is 0 Å². The van der Waals surface area contributed by atoms with Gasteiger partial charge in [0.15, 0.2) is 5.75 Å². The van der Waals surface area contributed by atoms with E-state index in [1.807, 2.05) is 115 Å². The molecule has 0 aliphatic carbocycles. The third kappa shape index (κ3) is 6.12. The fourth-order valence-electron chi connectivity index (χ4n) is 2.64. The molecule has 0 atom stereocenters. The number of para-hydroxylation sites is 5. The Morgan fingerprint density at radius 2 is 0.833 bits per heavy atom. The minimum atomic E-state index is -1.000. The van der Waals surface area contributed by atoms with Crippen molar-refractivity contribution < 1.29 is 39.0 Å². The summed E-state index contributed by atoms with van der Waals surface area (Å²) in [5.41, 5.74) is 0. The summed E-state index contributed by atoms with van der Waals surface area (Å²) in [5, 5.41) is 0. The predicted octanol–water partition coefficient (Wildman–Crippen LogP) is 3.12. The zero-order valence-corrected chi connectivity index (χ0v) is 16.7. The molecule has 0 heterocycles. The summed E-state index contributed by atoms with van der Waals surface area (Å²) in [5.74, 6) is 3.06.